The summed E-state index contributed by atoms with van der Waals surface area (Å²) in [6.45, 7) is 2.92. The standard InChI is InChI=1S/C14H16ClNO4S/c1-9(11-4-3-5-12(15)6-11)16-21(18,19)14-7-13(8-17)20-10(14)2/h3-7,9,16-17H,8H2,1-2H3. The van der Waals surface area contributed by atoms with Gasteiger partial charge in [0, 0.05) is 17.1 Å². The lowest BCUT2D eigenvalue weighted by molar-refractivity contribution is 0.244. The first-order valence-electron chi connectivity index (χ1n) is 6.31. The number of halogens is 1. The summed E-state index contributed by atoms with van der Waals surface area (Å²) in [6.07, 6.45) is 0. The van der Waals surface area contributed by atoms with Crippen LogP contribution in [-0.2, 0) is 16.6 Å². The minimum atomic E-state index is -3.74. The van der Waals surface area contributed by atoms with Gasteiger partial charge in [-0.1, -0.05) is 23.7 Å². The molecule has 1 aromatic heterocycles. The molecule has 1 heterocycles. The fourth-order valence-corrected chi connectivity index (χ4v) is 3.64. The van der Waals surface area contributed by atoms with Crippen LogP contribution in [0.2, 0.25) is 5.02 Å². The zero-order chi connectivity index (χ0) is 15.6. The highest BCUT2D eigenvalue weighted by Gasteiger charge is 2.23. The van der Waals surface area contributed by atoms with E-state index < -0.39 is 16.1 Å². The molecule has 2 N–H and O–H groups in total. The van der Waals surface area contributed by atoms with Gasteiger partial charge < -0.3 is 9.52 Å². The number of aryl methyl sites for hydroxylation is 1. The van der Waals surface area contributed by atoms with Gasteiger partial charge in [0.25, 0.3) is 0 Å². The lowest BCUT2D eigenvalue weighted by Gasteiger charge is -2.14. The zero-order valence-corrected chi connectivity index (χ0v) is 13.2. The Hall–Kier alpha value is -1.34. The molecule has 0 aliphatic carbocycles. The number of benzene rings is 1. The number of hydrogen-bond acceptors (Lipinski definition) is 4. The average molecular weight is 330 g/mol. The number of furan rings is 1. The minimum Gasteiger partial charge on any atom is -0.462 e. The van der Waals surface area contributed by atoms with E-state index in [1.807, 2.05) is 0 Å². The van der Waals surface area contributed by atoms with E-state index in [-0.39, 0.29) is 23.0 Å². The second kappa shape index (κ2) is 6.19. The van der Waals surface area contributed by atoms with Crippen LogP contribution >= 0.6 is 11.6 Å². The third-order valence-electron chi connectivity index (χ3n) is 3.05. The Bertz CT molecular complexity index is 739. The fraction of sp³-hybridized carbons (Fsp3) is 0.286. The summed E-state index contributed by atoms with van der Waals surface area (Å²) in [6, 6.07) is 7.86. The Balaban J connectivity index is 2.26. The number of nitrogens with one attached hydrogen (secondary N) is 1. The van der Waals surface area contributed by atoms with Crippen LogP contribution in [0.5, 0.6) is 0 Å². The van der Waals surface area contributed by atoms with Crippen molar-refractivity contribution in [2.75, 3.05) is 0 Å². The Morgan fingerprint density at radius 3 is 2.67 bits per heavy atom. The van der Waals surface area contributed by atoms with Crippen LogP contribution < -0.4 is 4.72 Å². The van der Waals surface area contributed by atoms with Crippen LogP contribution in [0.25, 0.3) is 0 Å². The van der Waals surface area contributed by atoms with Gasteiger partial charge in [-0.25, -0.2) is 13.1 Å². The summed E-state index contributed by atoms with van der Waals surface area (Å²) in [5.41, 5.74) is 0.759. The molecule has 7 heteroatoms. The van der Waals surface area contributed by atoms with Crippen LogP contribution in [0.3, 0.4) is 0 Å². The highest BCUT2D eigenvalue weighted by Crippen LogP contribution is 2.23. The molecule has 114 valence electrons. The molecule has 1 unspecified atom stereocenters. The van der Waals surface area contributed by atoms with Gasteiger partial charge in [0.1, 0.15) is 23.0 Å². The SMILES string of the molecule is Cc1oc(CO)cc1S(=O)(=O)NC(C)c1cccc(Cl)c1. The maximum absolute atomic E-state index is 12.4. The predicted octanol–water partition coefficient (Wildman–Crippen LogP) is 2.77. The monoisotopic (exact) mass is 329 g/mol. The number of hydrogen-bond donors (Lipinski definition) is 2. The van der Waals surface area contributed by atoms with Gasteiger partial charge in [-0.2, -0.15) is 0 Å². The summed E-state index contributed by atoms with van der Waals surface area (Å²) in [7, 11) is -3.74. The molecule has 21 heavy (non-hydrogen) atoms. The zero-order valence-electron chi connectivity index (χ0n) is 11.6. The second-order valence-electron chi connectivity index (χ2n) is 4.69. The second-order valence-corrected chi connectivity index (χ2v) is 6.81. The van der Waals surface area contributed by atoms with Crippen molar-refractivity contribution >= 4 is 21.6 Å². The van der Waals surface area contributed by atoms with Crippen LogP contribution in [0.4, 0.5) is 0 Å². The molecule has 0 fully saturated rings. The Labute approximate surface area is 128 Å². The molecule has 0 radical (unpaired) electrons. The van der Waals surface area contributed by atoms with Crippen molar-refractivity contribution in [3.63, 3.8) is 0 Å². The van der Waals surface area contributed by atoms with E-state index >= 15 is 0 Å². The summed E-state index contributed by atoms with van der Waals surface area (Å²) < 4.78 is 32.5. The van der Waals surface area contributed by atoms with E-state index in [9.17, 15) is 8.42 Å². The van der Waals surface area contributed by atoms with Gasteiger partial charge in [0.2, 0.25) is 10.0 Å². The number of rotatable bonds is 5. The molecule has 0 aliphatic rings. The Morgan fingerprint density at radius 2 is 2.10 bits per heavy atom. The van der Waals surface area contributed by atoms with Crippen LogP contribution in [0, 0.1) is 6.92 Å². The van der Waals surface area contributed by atoms with Gasteiger partial charge in [-0.3, -0.25) is 0 Å². The molecule has 0 saturated carbocycles. The molecule has 5 nitrogen and oxygen atoms in total. The molecule has 0 aliphatic heterocycles. The van der Waals surface area contributed by atoms with Crippen LogP contribution in [0.1, 0.15) is 30.0 Å². The molecule has 1 atom stereocenters. The number of aliphatic hydroxyl groups excluding tert-OH is 1. The van der Waals surface area contributed by atoms with Gasteiger partial charge in [0.05, 0.1) is 0 Å². The maximum Gasteiger partial charge on any atom is 0.244 e. The van der Waals surface area contributed by atoms with E-state index in [4.69, 9.17) is 21.1 Å². The topological polar surface area (TPSA) is 79.5 Å². The molecule has 0 bridgehead atoms. The first kappa shape index (κ1) is 16.0. The van der Waals surface area contributed by atoms with E-state index in [0.717, 1.165) is 5.56 Å². The van der Waals surface area contributed by atoms with Gasteiger partial charge in [-0.05, 0) is 31.5 Å². The van der Waals surface area contributed by atoms with Crippen molar-refractivity contribution < 1.29 is 17.9 Å². The number of aliphatic hydroxyl groups is 1. The van der Waals surface area contributed by atoms with Crippen molar-refractivity contribution in [3.8, 4) is 0 Å². The van der Waals surface area contributed by atoms with Crippen molar-refractivity contribution in [2.24, 2.45) is 0 Å². The van der Waals surface area contributed by atoms with Crippen molar-refractivity contribution in [1.82, 2.24) is 4.72 Å². The summed E-state index contributed by atoms with van der Waals surface area (Å²) in [5.74, 6) is 0.452. The van der Waals surface area contributed by atoms with Crippen molar-refractivity contribution in [3.05, 3.63) is 52.4 Å². The average Bonchev–Trinajstić information content (AvgIpc) is 2.80. The van der Waals surface area contributed by atoms with E-state index in [1.54, 1.807) is 31.2 Å². The molecule has 0 saturated heterocycles. The molecule has 1 aromatic carbocycles. The summed E-state index contributed by atoms with van der Waals surface area (Å²) >= 11 is 5.90. The molecule has 0 amide bonds. The Morgan fingerprint density at radius 1 is 1.38 bits per heavy atom. The minimum absolute atomic E-state index is 0.0282. The van der Waals surface area contributed by atoms with Gasteiger partial charge >= 0.3 is 0 Å². The van der Waals surface area contributed by atoms with Gasteiger partial charge in [-0.15, -0.1) is 0 Å². The third kappa shape index (κ3) is 3.65. The molecular weight excluding hydrogens is 314 g/mol. The molecule has 2 aromatic rings. The third-order valence-corrected chi connectivity index (χ3v) is 4.93. The fourth-order valence-electron chi connectivity index (χ4n) is 2.01. The number of sulfonamides is 1. The largest absolute Gasteiger partial charge is 0.462 e. The lowest BCUT2D eigenvalue weighted by atomic mass is 10.1. The maximum atomic E-state index is 12.4. The van der Waals surface area contributed by atoms with Crippen LogP contribution in [0.15, 0.2) is 39.6 Å². The summed E-state index contributed by atoms with van der Waals surface area (Å²) in [4.78, 5) is 0.0282. The summed E-state index contributed by atoms with van der Waals surface area (Å²) in [5, 5.41) is 9.55. The first-order chi connectivity index (χ1) is 9.83. The van der Waals surface area contributed by atoms with Crippen molar-refractivity contribution in [1.29, 1.82) is 0 Å². The Kier molecular flexibility index (Phi) is 4.73. The van der Waals surface area contributed by atoms with Gasteiger partial charge in [0.15, 0.2) is 0 Å². The van der Waals surface area contributed by atoms with E-state index in [2.05, 4.69) is 4.72 Å². The first-order valence-corrected chi connectivity index (χ1v) is 8.17. The van der Waals surface area contributed by atoms with Crippen molar-refractivity contribution in [2.45, 2.75) is 31.4 Å². The molecular formula is C14H16ClNO4S. The smallest absolute Gasteiger partial charge is 0.244 e. The normalized spacial score (nSPS) is 13.3. The lowest BCUT2D eigenvalue weighted by Crippen LogP contribution is -2.27. The van der Waals surface area contributed by atoms with E-state index in [0.29, 0.717) is 5.02 Å². The molecule has 0 spiro atoms. The quantitative estimate of drug-likeness (QED) is 0.884. The highest BCUT2D eigenvalue weighted by molar-refractivity contribution is 7.89. The van der Waals surface area contributed by atoms with Crippen LogP contribution in [-0.4, -0.2) is 13.5 Å². The molecule has 2 rings (SSSR count). The highest BCUT2D eigenvalue weighted by atomic mass is 35.5. The van der Waals surface area contributed by atoms with E-state index in [1.165, 1.54) is 13.0 Å². The predicted molar refractivity (Wildman–Crippen MR) is 79.6 cm³/mol.